The van der Waals surface area contributed by atoms with Crippen molar-refractivity contribution in [2.75, 3.05) is 39.9 Å². The number of fused-ring (bicyclic) bond motifs is 2. The maximum absolute atomic E-state index is 14.0. The standard InChI is InChI=1S/C29H39N3O3/c1-28(2)23-9-8-22(25(28)18-23)19-30-12-10-29(11-13-30)26(33)32(27(34)31(29)14-15-35-3)24-16-20-6-4-5-7-21(20)17-24/h4-8,23-25H,9-19H2,1-3H3/t23-,25-/m0/s1. The van der Waals surface area contributed by atoms with Crippen LogP contribution >= 0.6 is 0 Å². The van der Waals surface area contributed by atoms with Gasteiger partial charge in [-0.15, -0.1) is 0 Å². The Bertz CT molecular complexity index is 1030. The number of carbonyl (C=O) groups is 2. The Labute approximate surface area is 209 Å². The van der Waals surface area contributed by atoms with E-state index in [0.717, 1.165) is 38.4 Å². The van der Waals surface area contributed by atoms with Gasteiger partial charge in [0, 0.05) is 39.3 Å². The number of hydrogen-bond donors (Lipinski definition) is 0. The molecule has 188 valence electrons. The van der Waals surface area contributed by atoms with Crippen molar-refractivity contribution in [3.05, 3.63) is 47.0 Å². The number of benzene rings is 1. The number of piperidine rings is 1. The third-order valence-electron chi connectivity index (χ3n) is 10.2. The number of urea groups is 1. The molecule has 3 fully saturated rings. The van der Waals surface area contributed by atoms with Crippen molar-refractivity contribution in [1.82, 2.24) is 14.7 Å². The zero-order valence-corrected chi connectivity index (χ0v) is 21.5. The Balaban J connectivity index is 1.18. The smallest absolute Gasteiger partial charge is 0.328 e. The third-order valence-corrected chi connectivity index (χ3v) is 10.2. The summed E-state index contributed by atoms with van der Waals surface area (Å²) in [5, 5.41) is 0. The highest BCUT2D eigenvalue weighted by atomic mass is 16.5. The maximum Gasteiger partial charge on any atom is 0.328 e. The topological polar surface area (TPSA) is 53.1 Å². The van der Waals surface area contributed by atoms with Crippen LogP contribution in [0.4, 0.5) is 4.79 Å². The molecule has 0 aromatic heterocycles. The average molecular weight is 478 g/mol. The Morgan fingerprint density at radius 1 is 1.06 bits per heavy atom. The number of hydrogen-bond acceptors (Lipinski definition) is 4. The number of imide groups is 1. The number of likely N-dealkylation sites (tertiary alicyclic amines) is 1. The largest absolute Gasteiger partial charge is 0.383 e. The van der Waals surface area contributed by atoms with E-state index in [-0.39, 0.29) is 18.0 Å². The molecular weight excluding hydrogens is 438 g/mol. The fourth-order valence-corrected chi connectivity index (χ4v) is 7.75. The van der Waals surface area contributed by atoms with E-state index < -0.39 is 5.54 Å². The molecule has 1 aromatic carbocycles. The van der Waals surface area contributed by atoms with Gasteiger partial charge in [0.15, 0.2) is 0 Å². The van der Waals surface area contributed by atoms with E-state index in [2.05, 4.69) is 37.0 Å². The van der Waals surface area contributed by atoms with Gasteiger partial charge in [0.25, 0.3) is 5.91 Å². The molecule has 2 aliphatic heterocycles. The van der Waals surface area contributed by atoms with E-state index in [9.17, 15) is 9.59 Å². The van der Waals surface area contributed by atoms with Gasteiger partial charge >= 0.3 is 6.03 Å². The SMILES string of the molecule is COCCN1C(=O)N(C2Cc3ccccc3C2)C(=O)C12CCN(CC1=CC[C@H]3C[C@@H]1C3(C)C)CC2. The highest BCUT2D eigenvalue weighted by Crippen LogP contribution is 2.59. The molecule has 2 atom stereocenters. The molecule has 0 radical (unpaired) electrons. The molecule has 35 heavy (non-hydrogen) atoms. The molecule has 1 saturated carbocycles. The van der Waals surface area contributed by atoms with Crippen molar-refractivity contribution in [3.8, 4) is 0 Å². The lowest BCUT2D eigenvalue weighted by Gasteiger charge is -2.57. The monoisotopic (exact) mass is 477 g/mol. The molecule has 6 heteroatoms. The molecule has 3 amide bonds. The molecule has 4 aliphatic carbocycles. The first-order valence-electron chi connectivity index (χ1n) is 13.5. The Morgan fingerprint density at radius 3 is 2.34 bits per heavy atom. The Kier molecular flexibility index (Phi) is 5.61. The summed E-state index contributed by atoms with van der Waals surface area (Å²) in [7, 11) is 1.66. The molecule has 0 unspecified atom stereocenters. The van der Waals surface area contributed by atoms with E-state index in [0.29, 0.717) is 37.3 Å². The normalized spacial score (nSPS) is 29.5. The molecule has 6 aliphatic rings. The van der Waals surface area contributed by atoms with Gasteiger partial charge in [0.05, 0.1) is 6.61 Å². The number of allylic oxidation sites excluding steroid dienone is 1. The lowest BCUT2D eigenvalue weighted by molar-refractivity contribution is -0.137. The lowest BCUT2D eigenvalue weighted by Crippen LogP contribution is -2.58. The number of ether oxygens (including phenoxy) is 1. The van der Waals surface area contributed by atoms with E-state index in [1.165, 1.54) is 24.0 Å². The van der Waals surface area contributed by atoms with Gasteiger partial charge in [-0.25, -0.2) is 4.79 Å². The summed E-state index contributed by atoms with van der Waals surface area (Å²) in [5.41, 5.74) is 3.84. The fourth-order valence-electron chi connectivity index (χ4n) is 7.75. The summed E-state index contributed by atoms with van der Waals surface area (Å²) < 4.78 is 5.35. The van der Waals surface area contributed by atoms with Gasteiger partial charge < -0.3 is 9.64 Å². The minimum absolute atomic E-state index is 0.0240. The van der Waals surface area contributed by atoms with Gasteiger partial charge in [-0.2, -0.15) is 0 Å². The predicted molar refractivity (Wildman–Crippen MR) is 135 cm³/mol. The molecule has 0 N–H and O–H groups in total. The van der Waals surface area contributed by atoms with E-state index in [1.807, 2.05) is 17.0 Å². The zero-order chi connectivity index (χ0) is 24.4. The maximum atomic E-state index is 14.0. The Hall–Kier alpha value is -2.18. The number of methoxy groups -OCH3 is 1. The van der Waals surface area contributed by atoms with Crippen molar-refractivity contribution in [1.29, 1.82) is 0 Å². The molecule has 2 heterocycles. The summed E-state index contributed by atoms with van der Waals surface area (Å²) in [4.78, 5) is 33.7. The van der Waals surface area contributed by atoms with Gasteiger partial charge in [-0.3, -0.25) is 14.6 Å². The summed E-state index contributed by atoms with van der Waals surface area (Å²) in [6.07, 6.45) is 7.99. The number of carbonyl (C=O) groups excluding carboxylic acids is 2. The average Bonchev–Trinajstić information content (AvgIpc) is 3.36. The van der Waals surface area contributed by atoms with Crippen molar-refractivity contribution >= 4 is 11.9 Å². The molecule has 1 aromatic rings. The van der Waals surface area contributed by atoms with Crippen LogP contribution in [0.3, 0.4) is 0 Å². The minimum atomic E-state index is -0.720. The summed E-state index contributed by atoms with van der Waals surface area (Å²) in [5.74, 6) is 1.59. The summed E-state index contributed by atoms with van der Waals surface area (Å²) >= 11 is 0. The van der Waals surface area contributed by atoms with E-state index >= 15 is 0 Å². The van der Waals surface area contributed by atoms with Crippen molar-refractivity contribution in [3.63, 3.8) is 0 Å². The van der Waals surface area contributed by atoms with Gasteiger partial charge in [0.2, 0.25) is 0 Å². The fraction of sp³-hybridized carbons (Fsp3) is 0.655. The van der Waals surface area contributed by atoms with Crippen LogP contribution in [0.5, 0.6) is 0 Å². The second-order valence-corrected chi connectivity index (χ2v) is 12.1. The molecule has 1 spiro atoms. The van der Waals surface area contributed by atoms with Crippen LogP contribution in [0.25, 0.3) is 0 Å². The Morgan fingerprint density at radius 2 is 1.74 bits per heavy atom. The van der Waals surface area contributed by atoms with Crippen LogP contribution in [0, 0.1) is 17.3 Å². The van der Waals surface area contributed by atoms with Crippen LogP contribution < -0.4 is 0 Å². The summed E-state index contributed by atoms with van der Waals surface area (Å²) in [6, 6.07) is 8.16. The molecule has 7 rings (SSSR count). The number of amides is 3. The molecule has 2 saturated heterocycles. The van der Waals surface area contributed by atoms with Gasteiger partial charge in [0.1, 0.15) is 5.54 Å². The summed E-state index contributed by atoms with van der Waals surface area (Å²) in [6.45, 7) is 8.50. The van der Waals surface area contributed by atoms with Gasteiger partial charge in [-0.1, -0.05) is 49.8 Å². The van der Waals surface area contributed by atoms with Crippen molar-refractivity contribution in [2.24, 2.45) is 17.3 Å². The highest BCUT2D eigenvalue weighted by Gasteiger charge is 2.60. The predicted octanol–water partition coefficient (Wildman–Crippen LogP) is 3.89. The van der Waals surface area contributed by atoms with Gasteiger partial charge in [-0.05, 0) is 66.9 Å². The number of rotatable bonds is 6. The lowest BCUT2D eigenvalue weighted by atomic mass is 9.49. The number of nitrogens with zero attached hydrogens (tertiary/aromatic N) is 3. The second-order valence-electron chi connectivity index (χ2n) is 12.1. The van der Waals surface area contributed by atoms with Crippen LogP contribution in [-0.4, -0.2) is 78.1 Å². The van der Waals surface area contributed by atoms with Crippen molar-refractivity contribution in [2.45, 2.75) is 64.0 Å². The first kappa shape index (κ1) is 23.2. The van der Waals surface area contributed by atoms with Crippen LogP contribution in [0.2, 0.25) is 0 Å². The second kappa shape index (κ2) is 8.45. The molecular formula is C29H39N3O3. The zero-order valence-electron chi connectivity index (χ0n) is 21.5. The molecule has 6 nitrogen and oxygen atoms in total. The first-order chi connectivity index (χ1) is 16.8. The van der Waals surface area contributed by atoms with Crippen molar-refractivity contribution < 1.29 is 14.3 Å². The molecule has 2 bridgehead atoms. The van der Waals surface area contributed by atoms with Crippen LogP contribution in [0.1, 0.15) is 50.7 Å². The minimum Gasteiger partial charge on any atom is -0.383 e. The highest BCUT2D eigenvalue weighted by molar-refractivity contribution is 6.07. The van der Waals surface area contributed by atoms with E-state index in [4.69, 9.17) is 4.74 Å². The van der Waals surface area contributed by atoms with E-state index in [1.54, 1.807) is 17.6 Å². The quantitative estimate of drug-likeness (QED) is 0.461. The first-order valence-corrected chi connectivity index (χ1v) is 13.5. The van der Waals surface area contributed by atoms with Crippen LogP contribution in [-0.2, 0) is 22.4 Å². The van der Waals surface area contributed by atoms with Crippen LogP contribution in [0.15, 0.2) is 35.9 Å². The third kappa shape index (κ3) is 3.51.